The van der Waals surface area contributed by atoms with Crippen molar-refractivity contribution in [2.75, 3.05) is 11.9 Å². The zero-order chi connectivity index (χ0) is 22.7. The molecule has 30 heavy (non-hydrogen) atoms. The molecular formula is C21H32N4O5. The first-order valence-electron chi connectivity index (χ1n) is 9.97. The van der Waals surface area contributed by atoms with Crippen molar-refractivity contribution < 1.29 is 24.3 Å². The van der Waals surface area contributed by atoms with Crippen LogP contribution in [0.2, 0.25) is 0 Å². The van der Waals surface area contributed by atoms with Gasteiger partial charge in [0.1, 0.15) is 0 Å². The molecule has 0 aromatic heterocycles. The number of benzene rings is 1. The Bertz CT molecular complexity index is 733. The zero-order valence-electron chi connectivity index (χ0n) is 17.7. The summed E-state index contributed by atoms with van der Waals surface area (Å²) in [6.45, 7) is 5.19. The maximum absolute atomic E-state index is 12.8. The average Bonchev–Trinajstić information content (AvgIpc) is 2.68. The highest BCUT2D eigenvalue weighted by Crippen LogP contribution is 2.19. The summed E-state index contributed by atoms with van der Waals surface area (Å²) in [7, 11) is 0. The third-order valence-corrected chi connectivity index (χ3v) is 4.62. The lowest BCUT2D eigenvalue weighted by Crippen LogP contribution is -2.44. The number of carbonyl (C=O) groups is 4. The Hall–Kier alpha value is -2.94. The highest BCUT2D eigenvalue weighted by molar-refractivity contribution is 5.97. The van der Waals surface area contributed by atoms with E-state index in [0.29, 0.717) is 24.1 Å². The fraction of sp³-hybridized carbons (Fsp3) is 0.524. The second-order valence-electron chi connectivity index (χ2n) is 7.57. The van der Waals surface area contributed by atoms with E-state index in [9.17, 15) is 19.2 Å². The number of nitrogens with two attached hydrogens (primary N) is 1. The van der Waals surface area contributed by atoms with Crippen molar-refractivity contribution in [2.24, 2.45) is 17.6 Å². The number of rotatable bonds is 12. The van der Waals surface area contributed by atoms with E-state index in [1.807, 2.05) is 13.8 Å². The summed E-state index contributed by atoms with van der Waals surface area (Å²) in [6, 6.07) is 5.40. The molecule has 0 unspecified atom stereocenters. The van der Waals surface area contributed by atoms with Gasteiger partial charge in [-0.3, -0.25) is 14.4 Å². The molecule has 6 N–H and O–H groups in total. The van der Waals surface area contributed by atoms with Crippen LogP contribution in [0, 0.1) is 11.8 Å². The van der Waals surface area contributed by atoms with E-state index in [0.717, 1.165) is 0 Å². The lowest BCUT2D eigenvalue weighted by atomic mass is 9.89. The van der Waals surface area contributed by atoms with Gasteiger partial charge in [-0.15, -0.1) is 0 Å². The number of aliphatic hydroxyl groups excluding tert-OH is 1. The standard InChI is InChI=1S/C21H32N4O5/c1-13(2)19(24-14(3)27)18(28)11-16(5-4-10-23-21(22)30)20(29)25-17-8-6-15(12-26)7-9-17/h6-9,13,16,19,26H,4-5,10-12H2,1-3H3,(H,24,27)(H,25,29)(H3,22,23,30)/t16-,19+/m1/s1. The largest absolute Gasteiger partial charge is 0.392 e. The van der Waals surface area contributed by atoms with E-state index in [1.54, 1.807) is 24.3 Å². The number of hydrogen-bond acceptors (Lipinski definition) is 5. The highest BCUT2D eigenvalue weighted by Gasteiger charge is 2.28. The van der Waals surface area contributed by atoms with Gasteiger partial charge >= 0.3 is 6.03 Å². The quantitative estimate of drug-likeness (QED) is 0.323. The molecule has 0 saturated carbocycles. The van der Waals surface area contributed by atoms with Gasteiger partial charge in [0.25, 0.3) is 0 Å². The Labute approximate surface area is 176 Å². The smallest absolute Gasteiger partial charge is 0.312 e. The Morgan fingerprint density at radius 3 is 2.23 bits per heavy atom. The first-order chi connectivity index (χ1) is 14.1. The number of aliphatic hydroxyl groups is 1. The molecule has 0 saturated heterocycles. The van der Waals surface area contributed by atoms with Crippen LogP contribution in [0.3, 0.4) is 0 Å². The number of carbonyl (C=O) groups excluding carboxylic acids is 4. The third kappa shape index (κ3) is 9.04. The molecule has 0 aliphatic rings. The Morgan fingerprint density at radius 1 is 1.10 bits per heavy atom. The molecule has 0 aliphatic heterocycles. The van der Waals surface area contributed by atoms with Crippen molar-refractivity contribution in [3.05, 3.63) is 29.8 Å². The van der Waals surface area contributed by atoms with Crippen LogP contribution in [0.1, 0.15) is 45.6 Å². The van der Waals surface area contributed by atoms with Gasteiger partial charge in [-0.1, -0.05) is 26.0 Å². The molecular weight excluding hydrogens is 388 g/mol. The summed E-state index contributed by atoms with van der Waals surface area (Å²) in [5.41, 5.74) is 6.32. The summed E-state index contributed by atoms with van der Waals surface area (Å²) in [5, 5.41) is 17.0. The van der Waals surface area contributed by atoms with Crippen LogP contribution in [0.5, 0.6) is 0 Å². The minimum Gasteiger partial charge on any atom is -0.392 e. The molecule has 0 spiro atoms. The minimum absolute atomic E-state index is 0.0414. The summed E-state index contributed by atoms with van der Waals surface area (Å²) in [4.78, 5) is 47.9. The topological polar surface area (TPSA) is 151 Å². The van der Waals surface area contributed by atoms with E-state index in [1.165, 1.54) is 6.92 Å². The van der Waals surface area contributed by atoms with Crippen LogP contribution in [-0.2, 0) is 21.0 Å². The molecule has 0 radical (unpaired) electrons. The molecule has 1 rings (SSSR count). The molecule has 0 aliphatic carbocycles. The molecule has 1 aromatic rings. The van der Waals surface area contributed by atoms with E-state index in [-0.39, 0.29) is 43.1 Å². The van der Waals surface area contributed by atoms with Gasteiger partial charge in [0, 0.05) is 31.5 Å². The maximum Gasteiger partial charge on any atom is 0.312 e. The van der Waals surface area contributed by atoms with E-state index in [2.05, 4.69) is 16.0 Å². The lowest BCUT2D eigenvalue weighted by molar-refractivity contribution is -0.130. The average molecular weight is 421 g/mol. The number of urea groups is 1. The number of amides is 4. The predicted molar refractivity (Wildman–Crippen MR) is 113 cm³/mol. The number of primary amides is 1. The second-order valence-corrected chi connectivity index (χ2v) is 7.57. The van der Waals surface area contributed by atoms with Crippen LogP contribution in [0.25, 0.3) is 0 Å². The number of ketones is 1. The second kappa shape index (κ2) is 12.6. The first-order valence-corrected chi connectivity index (χ1v) is 9.97. The summed E-state index contributed by atoms with van der Waals surface area (Å²) in [6.07, 6.45) is 0.780. The van der Waals surface area contributed by atoms with E-state index >= 15 is 0 Å². The number of anilines is 1. The molecule has 2 atom stereocenters. The third-order valence-electron chi connectivity index (χ3n) is 4.62. The van der Waals surface area contributed by atoms with Crippen LogP contribution >= 0.6 is 0 Å². The predicted octanol–water partition coefficient (Wildman–Crippen LogP) is 1.30. The van der Waals surface area contributed by atoms with Crippen molar-refractivity contribution in [1.82, 2.24) is 10.6 Å². The van der Waals surface area contributed by atoms with Gasteiger partial charge in [-0.25, -0.2) is 4.79 Å². The summed E-state index contributed by atoms with van der Waals surface area (Å²) < 4.78 is 0. The van der Waals surface area contributed by atoms with Crippen LogP contribution in [0.15, 0.2) is 24.3 Å². The molecule has 9 nitrogen and oxygen atoms in total. The Morgan fingerprint density at radius 2 is 1.73 bits per heavy atom. The van der Waals surface area contributed by atoms with Crippen molar-refractivity contribution in [3.63, 3.8) is 0 Å². The summed E-state index contributed by atoms with van der Waals surface area (Å²) >= 11 is 0. The molecule has 0 heterocycles. The van der Waals surface area contributed by atoms with Gasteiger partial charge < -0.3 is 26.8 Å². The van der Waals surface area contributed by atoms with Gasteiger partial charge in [-0.2, -0.15) is 0 Å². The number of nitrogens with one attached hydrogen (secondary N) is 3. The number of hydrogen-bond donors (Lipinski definition) is 5. The van der Waals surface area contributed by atoms with Crippen LogP contribution in [-0.4, -0.2) is 41.3 Å². The zero-order valence-corrected chi connectivity index (χ0v) is 17.7. The first kappa shape index (κ1) is 25.1. The number of Topliss-reactive ketones (excluding diaryl/α,β-unsaturated/α-hetero) is 1. The molecule has 9 heteroatoms. The highest BCUT2D eigenvalue weighted by atomic mass is 16.3. The monoisotopic (exact) mass is 420 g/mol. The maximum atomic E-state index is 12.8. The van der Waals surface area contributed by atoms with Gasteiger partial charge in [0.05, 0.1) is 12.6 Å². The molecule has 1 aromatic carbocycles. The fourth-order valence-corrected chi connectivity index (χ4v) is 3.03. The normalized spacial score (nSPS) is 12.7. The van der Waals surface area contributed by atoms with Crippen LogP contribution < -0.4 is 21.7 Å². The van der Waals surface area contributed by atoms with Crippen molar-refractivity contribution in [1.29, 1.82) is 0 Å². The van der Waals surface area contributed by atoms with Gasteiger partial charge in [0.15, 0.2) is 5.78 Å². The van der Waals surface area contributed by atoms with E-state index in [4.69, 9.17) is 10.8 Å². The lowest BCUT2D eigenvalue weighted by Gasteiger charge is -2.23. The van der Waals surface area contributed by atoms with Crippen LogP contribution in [0.4, 0.5) is 10.5 Å². The molecule has 4 amide bonds. The molecule has 0 bridgehead atoms. The molecule has 0 fully saturated rings. The van der Waals surface area contributed by atoms with Crippen molar-refractivity contribution in [2.45, 2.75) is 52.7 Å². The van der Waals surface area contributed by atoms with Gasteiger partial charge in [0.2, 0.25) is 11.8 Å². The van der Waals surface area contributed by atoms with E-state index < -0.39 is 18.0 Å². The Kier molecular flexibility index (Phi) is 10.5. The van der Waals surface area contributed by atoms with Gasteiger partial charge in [-0.05, 0) is 36.5 Å². The van der Waals surface area contributed by atoms with Crippen molar-refractivity contribution in [3.8, 4) is 0 Å². The SMILES string of the molecule is CC(=O)N[C@H](C(=O)C[C@@H](CCCNC(N)=O)C(=O)Nc1ccc(CO)cc1)C(C)C. The fourth-order valence-electron chi connectivity index (χ4n) is 3.03. The summed E-state index contributed by atoms with van der Waals surface area (Å²) in [5.74, 6) is -1.62. The molecule has 166 valence electrons. The van der Waals surface area contributed by atoms with Crippen molar-refractivity contribution >= 4 is 29.3 Å². The Balaban J connectivity index is 2.87. The minimum atomic E-state index is -0.676.